The fourth-order valence-corrected chi connectivity index (χ4v) is 2.04. The molecule has 112 valence electrons. The summed E-state index contributed by atoms with van der Waals surface area (Å²) >= 11 is 0. The summed E-state index contributed by atoms with van der Waals surface area (Å²) in [6.07, 6.45) is 4.66. The van der Waals surface area contributed by atoms with E-state index in [2.05, 4.69) is 10.4 Å². The van der Waals surface area contributed by atoms with Crippen molar-refractivity contribution >= 4 is 5.69 Å². The van der Waals surface area contributed by atoms with E-state index in [4.69, 9.17) is 4.74 Å². The first-order chi connectivity index (χ1) is 10.1. The molecule has 0 saturated carbocycles. The van der Waals surface area contributed by atoms with Gasteiger partial charge in [-0.05, 0) is 30.2 Å². The van der Waals surface area contributed by atoms with Crippen molar-refractivity contribution in [3.63, 3.8) is 0 Å². The molecule has 2 aromatic rings. The van der Waals surface area contributed by atoms with E-state index in [-0.39, 0.29) is 5.69 Å². The number of rotatable bonds is 7. The third kappa shape index (κ3) is 4.28. The summed E-state index contributed by atoms with van der Waals surface area (Å²) < 4.78 is 6.85. The number of ether oxygens (including phenoxy) is 1. The number of aromatic nitrogens is 2. The monoisotopic (exact) mass is 290 g/mol. The molecule has 1 aromatic heterocycles. The number of nitrogens with zero attached hydrogens (tertiary/aromatic N) is 3. The van der Waals surface area contributed by atoms with E-state index in [1.54, 1.807) is 16.8 Å². The van der Waals surface area contributed by atoms with Crippen molar-refractivity contribution in [1.82, 2.24) is 15.1 Å². The summed E-state index contributed by atoms with van der Waals surface area (Å²) in [5.74, 6) is 0.494. The van der Waals surface area contributed by atoms with Crippen LogP contribution in [0.1, 0.15) is 11.1 Å². The van der Waals surface area contributed by atoms with Gasteiger partial charge in [0.1, 0.15) is 5.75 Å². The zero-order valence-corrected chi connectivity index (χ0v) is 12.1. The molecule has 0 radical (unpaired) electrons. The Labute approximate surface area is 122 Å². The molecule has 1 N–H and O–H groups in total. The largest absolute Gasteiger partial charge is 0.496 e. The number of methoxy groups -OCH3 is 1. The van der Waals surface area contributed by atoms with Crippen molar-refractivity contribution in [2.75, 3.05) is 13.7 Å². The van der Waals surface area contributed by atoms with E-state index in [1.807, 2.05) is 19.4 Å². The molecule has 0 bridgehead atoms. The highest BCUT2D eigenvalue weighted by molar-refractivity contribution is 5.42. The van der Waals surface area contributed by atoms with Crippen molar-refractivity contribution < 1.29 is 9.66 Å². The molecule has 0 spiro atoms. The third-order valence-electron chi connectivity index (χ3n) is 3.08. The first-order valence-corrected chi connectivity index (χ1v) is 6.59. The molecular formula is C14H18N4O3. The standard InChI is InChI=1S/C14H18N4O3/c1-17-10-11(9-16-17)3-4-15-8-12-5-13(18(19)20)7-14(6-12)21-2/h5-7,9-10,15H,3-4,8H2,1-2H3. The Morgan fingerprint density at radius 1 is 1.38 bits per heavy atom. The van der Waals surface area contributed by atoms with Gasteiger partial charge in [0.15, 0.2) is 0 Å². The van der Waals surface area contributed by atoms with E-state index in [1.165, 1.54) is 13.2 Å². The minimum absolute atomic E-state index is 0.0402. The normalized spacial score (nSPS) is 10.6. The van der Waals surface area contributed by atoms with E-state index in [0.29, 0.717) is 12.3 Å². The van der Waals surface area contributed by atoms with Gasteiger partial charge >= 0.3 is 0 Å². The van der Waals surface area contributed by atoms with Crippen LogP contribution in [-0.2, 0) is 20.0 Å². The van der Waals surface area contributed by atoms with Crippen LogP contribution < -0.4 is 10.1 Å². The maximum atomic E-state index is 10.9. The summed E-state index contributed by atoms with van der Waals surface area (Å²) in [4.78, 5) is 10.4. The minimum Gasteiger partial charge on any atom is -0.496 e. The van der Waals surface area contributed by atoms with Gasteiger partial charge in [-0.1, -0.05) is 0 Å². The number of nitrogens with one attached hydrogen (secondary N) is 1. The van der Waals surface area contributed by atoms with Crippen LogP contribution >= 0.6 is 0 Å². The van der Waals surface area contributed by atoms with Gasteiger partial charge in [0.25, 0.3) is 5.69 Å². The molecule has 0 aliphatic rings. The van der Waals surface area contributed by atoms with E-state index in [0.717, 1.165) is 24.1 Å². The Morgan fingerprint density at radius 3 is 2.81 bits per heavy atom. The highest BCUT2D eigenvalue weighted by atomic mass is 16.6. The second-order valence-electron chi connectivity index (χ2n) is 4.75. The van der Waals surface area contributed by atoms with Gasteiger partial charge in [-0.3, -0.25) is 14.8 Å². The highest BCUT2D eigenvalue weighted by Gasteiger charge is 2.09. The molecule has 21 heavy (non-hydrogen) atoms. The van der Waals surface area contributed by atoms with Gasteiger partial charge in [0, 0.05) is 25.9 Å². The molecule has 0 saturated heterocycles. The molecule has 0 fully saturated rings. The summed E-state index contributed by atoms with van der Waals surface area (Å²) in [6.45, 7) is 1.33. The Morgan fingerprint density at radius 2 is 2.19 bits per heavy atom. The van der Waals surface area contributed by atoms with Crippen LogP contribution in [0.5, 0.6) is 5.75 Å². The zero-order valence-electron chi connectivity index (χ0n) is 12.1. The van der Waals surface area contributed by atoms with Crippen molar-refractivity contribution in [2.24, 2.45) is 7.05 Å². The Balaban J connectivity index is 1.90. The van der Waals surface area contributed by atoms with Gasteiger partial charge in [-0.25, -0.2) is 0 Å². The number of hydrogen-bond acceptors (Lipinski definition) is 5. The van der Waals surface area contributed by atoms with Gasteiger partial charge in [0.05, 0.1) is 24.3 Å². The lowest BCUT2D eigenvalue weighted by molar-refractivity contribution is -0.385. The average molecular weight is 290 g/mol. The van der Waals surface area contributed by atoms with Crippen LogP contribution in [-0.4, -0.2) is 28.4 Å². The van der Waals surface area contributed by atoms with Crippen LogP contribution in [0.25, 0.3) is 0 Å². The molecule has 0 unspecified atom stereocenters. The van der Waals surface area contributed by atoms with Crippen LogP contribution in [0.2, 0.25) is 0 Å². The third-order valence-corrected chi connectivity index (χ3v) is 3.08. The number of nitro benzene ring substituents is 1. The van der Waals surface area contributed by atoms with Gasteiger partial charge < -0.3 is 10.1 Å². The molecule has 0 amide bonds. The number of nitro groups is 1. The summed E-state index contributed by atoms with van der Waals surface area (Å²) in [7, 11) is 3.38. The molecule has 1 heterocycles. The quantitative estimate of drug-likeness (QED) is 0.476. The van der Waals surface area contributed by atoms with Crippen molar-refractivity contribution in [2.45, 2.75) is 13.0 Å². The lowest BCUT2D eigenvalue weighted by Gasteiger charge is -2.06. The van der Waals surface area contributed by atoms with Gasteiger partial charge in [-0.2, -0.15) is 5.10 Å². The second kappa shape index (κ2) is 6.85. The molecule has 0 aliphatic carbocycles. The maximum absolute atomic E-state index is 10.9. The number of aryl methyl sites for hydroxylation is 1. The Bertz CT molecular complexity index is 624. The first-order valence-electron chi connectivity index (χ1n) is 6.59. The van der Waals surface area contributed by atoms with Crippen LogP contribution in [0.15, 0.2) is 30.6 Å². The fourth-order valence-electron chi connectivity index (χ4n) is 2.04. The lowest BCUT2D eigenvalue weighted by Crippen LogP contribution is -2.16. The van der Waals surface area contributed by atoms with E-state index >= 15 is 0 Å². The van der Waals surface area contributed by atoms with Crippen LogP contribution in [0.4, 0.5) is 5.69 Å². The van der Waals surface area contributed by atoms with E-state index in [9.17, 15) is 10.1 Å². The molecule has 7 nitrogen and oxygen atoms in total. The van der Waals surface area contributed by atoms with Gasteiger partial charge in [0.2, 0.25) is 0 Å². The Hall–Kier alpha value is -2.41. The first kappa shape index (κ1) is 15.0. The number of benzene rings is 1. The predicted molar refractivity (Wildman–Crippen MR) is 78.3 cm³/mol. The van der Waals surface area contributed by atoms with Crippen molar-refractivity contribution in [3.05, 3.63) is 51.8 Å². The lowest BCUT2D eigenvalue weighted by atomic mass is 10.2. The zero-order chi connectivity index (χ0) is 15.2. The summed E-state index contributed by atoms with van der Waals surface area (Å²) in [5, 5.41) is 18.2. The molecular weight excluding hydrogens is 272 g/mol. The summed E-state index contributed by atoms with van der Waals surface area (Å²) in [5.41, 5.74) is 2.02. The highest BCUT2D eigenvalue weighted by Crippen LogP contribution is 2.22. The van der Waals surface area contributed by atoms with Crippen LogP contribution in [0, 0.1) is 10.1 Å². The van der Waals surface area contributed by atoms with Crippen LogP contribution in [0.3, 0.4) is 0 Å². The SMILES string of the molecule is COc1cc(CNCCc2cnn(C)c2)cc([N+](=O)[O-])c1. The fraction of sp³-hybridized carbons (Fsp3) is 0.357. The molecule has 2 rings (SSSR count). The second-order valence-corrected chi connectivity index (χ2v) is 4.75. The number of hydrogen-bond donors (Lipinski definition) is 1. The topological polar surface area (TPSA) is 82.2 Å². The van der Waals surface area contributed by atoms with E-state index < -0.39 is 4.92 Å². The molecule has 7 heteroatoms. The minimum atomic E-state index is -0.415. The average Bonchev–Trinajstić information content (AvgIpc) is 2.88. The predicted octanol–water partition coefficient (Wildman–Crippen LogP) is 1.67. The summed E-state index contributed by atoms with van der Waals surface area (Å²) in [6, 6.07) is 4.77. The molecule has 0 aliphatic heterocycles. The Kier molecular flexibility index (Phi) is 4.89. The molecule has 1 aromatic carbocycles. The van der Waals surface area contributed by atoms with Crippen molar-refractivity contribution in [3.8, 4) is 5.75 Å². The molecule has 0 atom stereocenters. The maximum Gasteiger partial charge on any atom is 0.273 e. The van der Waals surface area contributed by atoms with Crippen molar-refractivity contribution in [1.29, 1.82) is 0 Å². The smallest absolute Gasteiger partial charge is 0.273 e. The number of non-ortho nitro benzene ring substituents is 1. The van der Waals surface area contributed by atoms with Gasteiger partial charge in [-0.15, -0.1) is 0 Å².